The summed E-state index contributed by atoms with van der Waals surface area (Å²) < 4.78 is 6.31. The number of hydrazone groups is 1. The van der Waals surface area contributed by atoms with Crippen molar-refractivity contribution in [1.82, 2.24) is 15.0 Å². The molecule has 0 amide bonds. The first-order valence-electron chi connectivity index (χ1n) is 10.1. The van der Waals surface area contributed by atoms with Gasteiger partial charge < -0.3 is 15.0 Å². The zero-order valence-electron chi connectivity index (χ0n) is 17.8. The highest BCUT2D eigenvalue weighted by molar-refractivity contribution is 9.10. The van der Waals surface area contributed by atoms with E-state index in [4.69, 9.17) is 16.3 Å². The molecule has 32 heavy (non-hydrogen) atoms. The van der Waals surface area contributed by atoms with Crippen LogP contribution in [0.15, 0.2) is 46.0 Å². The van der Waals surface area contributed by atoms with E-state index in [0.29, 0.717) is 49.2 Å². The lowest BCUT2D eigenvalue weighted by molar-refractivity contribution is 0.122. The second-order valence-electron chi connectivity index (χ2n) is 7.37. The molecule has 2 aromatic carbocycles. The average Bonchev–Trinajstić information content (AvgIpc) is 2.79. The highest BCUT2D eigenvalue weighted by Crippen LogP contribution is 2.31. The fourth-order valence-electron chi connectivity index (χ4n) is 3.06. The first kappa shape index (κ1) is 22.4. The maximum absolute atomic E-state index is 6.31. The second kappa shape index (κ2) is 10.2. The Morgan fingerprint density at radius 2 is 1.78 bits per heavy atom. The van der Waals surface area contributed by atoms with Crippen molar-refractivity contribution in [3.63, 3.8) is 0 Å². The van der Waals surface area contributed by atoms with Crippen molar-refractivity contribution in [2.75, 3.05) is 41.9 Å². The predicted octanol–water partition coefficient (Wildman–Crippen LogP) is 4.93. The smallest absolute Gasteiger partial charge is 0.250 e. The summed E-state index contributed by atoms with van der Waals surface area (Å²) in [6.07, 6.45) is 1.72. The molecular formula is C22H23BrClN7O. The molecular weight excluding hydrogens is 494 g/mol. The Bertz CT molecular complexity index is 1120. The van der Waals surface area contributed by atoms with Crippen LogP contribution in [0.25, 0.3) is 0 Å². The number of hydrogen-bond acceptors (Lipinski definition) is 8. The third-order valence-electron chi connectivity index (χ3n) is 4.87. The van der Waals surface area contributed by atoms with Crippen LogP contribution in [-0.2, 0) is 4.74 Å². The van der Waals surface area contributed by atoms with Crippen LogP contribution in [0.5, 0.6) is 0 Å². The first-order valence-corrected chi connectivity index (χ1v) is 11.3. The lowest BCUT2D eigenvalue weighted by Gasteiger charge is -2.27. The Morgan fingerprint density at radius 1 is 1.06 bits per heavy atom. The third kappa shape index (κ3) is 5.73. The van der Waals surface area contributed by atoms with Gasteiger partial charge in [-0.25, -0.2) is 5.43 Å². The van der Waals surface area contributed by atoms with Crippen LogP contribution in [0.2, 0.25) is 5.02 Å². The summed E-state index contributed by atoms with van der Waals surface area (Å²) in [7, 11) is 0. The topological polar surface area (TPSA) is 87.6 Å². The van der Waals surface area contributed by atoms with Crippen LogP contribution in [0.1, 0.15) is 16.7 Å². The lowest BCUT2D eigenvalue weighted by Crippen LogP contribution is -2.37. The number of nitrogens with one attached hydrogen (secondary N) is 2. The van der Waals surface area contributed by atoms with E-state index in [1.54, 1.807) is 6.21 Å². The minimum Gasteiger partial charge on any atom is -0.378 e. The largest absolute Gasteiger partial charge is 0.378 e. The molecule has 1 aliphatic heterocycles. The van der Waals surface area contributed by atoms with Crippen LogP contribution in [0.3, 0.4) is 0 Å². The first-order chi connectivity index (χ1) is 15.5. The fraction of sp³-hybridized carbons (Fsp3) is 0.273. The molecule has 3 aromatic rings. The van der Waals surface area contributed by atoms with Crippen LogP contribution >= 0.6 is 27.5 Å². The van der Waals surface area contributed by atoms with E-state index in [1.165, 1.54) is 5.56 Å². The Labute approximate surface area is 200 Å². The molecule has 1 aromatic heterocycles. The van der Waals surface area contributed by atoms with Gasteiger partial charge in [-0.05, 0) is 53.0 Å². The van der Waals surface area contributed by atoms with Gasteiger partial charge in [0, 0.05) is 22.6 Å². The van der Waals surface area contributed by atoms with E-state index in [2.05, 4.69) is 51.6 Å². The molecule has 1 aliphatic rings. The van der Waals surface area contributed by atoms with E-state index in [1.807, 2.05) is 50.2 Å². The number of ether oxygens (including phenoxy) is 1. The van der Waals surface area contributed by atoms with Crippen molar-refractivity contribution >= 4 is 57.3 Å². The molecule has 8 nitrogen and oxygen atoms in total. The van der Waals surface area contributed by atoms with Crippen LogP contribution in [0, 0.1) is 13.8 Å². The van der Waals surface area contributed by atoms with Crippen molar-refractivity contribution in [1.29, 1.82) is 0 Å². The van der Waals surface area contributed by atoms with Crippen LogP contribution in [-0.4, -0.2) is 47.5 Å². The Kier molecular flexibility index (Phi) is 7.19. The summed E-state index contributed by atoms with van der Waals surface area (Å²) in [6, 6.07) is 11.8. The monoisotopic (exact) mass is 515 g/mol. The normalized spacial score (nSPS) is 14.1. The molecule has 2 N–H and O–H groups in total. The number of aryl methyl sites for hydroxylation is 2. The summed E-state index contributed by atoms with van der Waals surface area (Å²) in [5, 5.41) is 8.17. The van der Waals surface area contributed by atoms with Gasteiger partial charge in [0.05, 0.1) is 25.1 Å². The molecule has 4 rings (SSSR count). The molecule has 0 saturated carbocycles. The molecule has 10 heteroatoms. The molecule has 0 spiro atoms. The quantitative estimate of drug-likeness (QED) is 0.355. The van der Waals surface area contributed by atoms with Crippen molar-refractivity contribution < 1.29 is 4.74 Å². The summed E-state index contributed by atoms with van der Waals surface area (Å²) in [5.74, 6) is 1.27. The van der Waals surface area contributed by atoms with Gasteiger partial charge in [0.25, 0.3) is 0 Å². The maximum Gasteiger partial charge on any atom is 0.250 e. The highest BCUT2D eigenvalue weighted by atomic mass is 79.9. The Hall–Kier alpha value is -2.75. The number of hydrogen-bond donors (Lipinski definition) is 2. The predicted molar refractivity (Wildman–Crippen MR) is 132 cm³/mol. The van der Waals surface area contributed by atoms with Crippen LogP contribution in [0.4, 0.5) is 23.5 Å². The summed E-state index contributed by atoms with van der Waals surface area (Å²) in [5.41, 5.74) is 6.82. The van der Waals surface area contributed by atoms with Crippen molar-refractivity contribution in [2.45, 2.75) is 13.8 Å². The zero-order chi connectivity index (χ0) is 22.5. The number of aromatic nitrogens is 3. The molecule has 0 unspecified atom stereocenters. The van der Waals surface area contributed by atoms with Gasteiger partial charge in [-0.1, -0.05) is 41.4 Å². The van der Waals surface area contributed by atoms with Gasteiger partial charge in [-0.3, -0.25) is 0 Å². The Balaban J connectivity index is 1.60. The Morgan fingerprint density at radius 3 is 2.53 bits per heavy atom. The van der Waals surface area contributed by atoms with E-state index in [9.17, 15) is 0 Å². The zero-order valence-corrected chi connectivity index (χ0v) is 20.1. The number of benzene rings is 2. The van der Waals surface area contributed by atoms with E-state index < -0.39 is 0 Å². The third-order valence-corrected chi connectivity index (χ3v) is 5.93. The lowest BCUT2D eigenvalue weighted by atomic mass is 10.2. The van der Waals surface area contributed by atoms with Crippen molar-refractivity contribution in [2.24, 2.45) is 5.10 Å². The standard InChI is InChI=1S/C22H23BrClN7O/c1-14-3-5-16(6-4-14)13-25-30-21-27-20(26-19-12-18(24)15(2)11-17(19)23)28-22(29-21)31-7-9-32-10-8-31/h3-6,11-13H,7-10H2,1-2H3,(H2,26,27,28,29,30)/b25-13-. The summed E-state index contributed by atoms with van der Waals surface area (Å²) in [6.45, 7) is 6.66. The van der Waals surface area contributed by atoms with Gasteiger partial charge in [0.15, 0.2) is 0 Å². The SMILES string of the molecule is Cc1ccc(/C=N\Nc2nc(Nc3cc(Cl)c(C)cc3Br)nc(N3CCOCC3)n2)cc1. The molecule has 1 saturated heterocycles. The number of morpholine rings is 1. The fourth-order valence-corrected chi connectivity index (χ4v) is 3.78. The average molecular weight is 517 g/mol. The van der Waals surface area contributed by atoms with Gasteiger partial charge in [0.1, 0.15) is 0 Å². The maximum atomic E-state index is 6.31. The van der Waals surface area contributed by atoms with Gasteiger partial charge >= 0.3 is 0 Å². The van der Waals surface area contributed by atoms with E-state index >= 15 is 0 Å². The molecule has 0 radical (unpaired) electrons. The minimum atomic E-state index is 0.335. The van der Waals surface area contributed by atoms with E-state index in [0.717, 1.165) is 21.3 Å². The number of rotatable bonds is 6. The van der Waals surface area contributed by atoms with E-state index in [-0.39, 0.29) is 0 Å². The van der Waals surface area contributed by atoms with Gasteiger partial charge in [-0.2, -0.15) is 20.1 Å². The summed E-state index contributed by atoms with van der Waals surface area (Å²) in [4.78, 5) is 15.7. The molecule has 0 bridgehead atoms. The van der Waals surface area contributed by atoms with Crippen LogP contribution < -0.4 is 15.6 Å². The molecule has 2 heterocycles. The highest BCUT2D eigenvalue weighted by Gasteiger charge is 2.17. The van der Waals surface area contributed by atoms with Gasteiger partial charge in [-0.15, -0.1) is 0 Å². The number of halogens is 2. The summed E-state index contributed by atoms with van der Waals surface area (Å²) >= 11 is 9.87. The minimum absolute atomic E-state index is 0.335. The van der Waals surface area contributed by atoms with Gasteiger partial charge in [0.2, 0.25) is 17.8 Å². The van der Waals surface area contributed by atoms with Crippen molar-refractivity contribution in [3.05, 3.63) is 62.6 Å². The molecule has 0 atom stereocenters. The van der Waals surface area contributed by atoms with Crippen molar-refractivity contribution in [3.8, 4) is 0 Å². The molecule has 166 valence electrons. The number of anilines is 4. The number of nitrogens with zero attached hydrogens (tertiary/aromatic N) is 5. The molecule has 0 aliphatic carbocycles. The second-order valence-corrected chi connectivity index (χ2v) is 8.63. The molecule has 1 fully saturated rings.